The van der Waals surface area contributed by atoms with Crippen LogP contribution in [0.25, 0.3) is 0 Å². The molecule has 2 heteroatoms. The van der Waals surface area contributed by atoms with Crippen molar-refractivity contribution in [3.8, 4) is 0 Å². The second-order valence-electron chi connectivity index (χ2n) is 3.90. The number of nitrogens with one attached hydrogen (secondary N) is 1. The molecule has 0 spiro atoms. The summed E-state index contributed by atoms with van der Waals surface area (Å²) >= 11 is 3.59. The van der Waals surface area contributed by atoms with Crippen molar-refractivity contribution in [3.63, 3.8) is 0 Å². The van der Waals surface area contributed by atoms with Crippen molar-refractivity contribution >= 4 is 15.9 Å². The molecule has 0 saturated carbocycles. The van der Waals surface area contributed by atoms with E-state index in [1.807, 2.05) is 0 Å². The topological polar surface area (TPSA) is 12.0 Å². The maximum absolute atomic E-state index is 3.59. The predicted molar refractivity (Wildman–Crippen MR) is 70.2 cm³/mol. The lowest BCUT2D eigenvalue weighted by atomic mass is 10.0. The molecule has 15 heavy (non-hydrogen) atoms. The van der Waals surface area contributed by atoms with Crippen molar-refractivity contribution in [2.24, 2.45) is 0 Å². The molecule has 1 atom stereocenters. The fourth-order valence-corrected chi connectivity index (χ4v) is 2.30. The number of benzene rings is 1. The molecule has 1 nitrogen and oxygen atoms in total. The van der Waals surface area contributed by atoms with Crippen LogP contribution in [0.15, 0.2) is 28.7 Å². The third-order valence-corrected chi connectivity index (χ3v) is 3.54. The summed E-state index contributed by atoms with van der Waals surface area (Å²) < 4.78 is 1.23. The highest BCUT2D eigenvalue weighted by Crippen LogP contribution is 2.18. The van der Waals surface area contributed by atoms with Crippen LogP contribution in [-0.2, 0) is 6.42 Å². The third kappa shape index (κ3) is 4.35. The quantitative estimate of drug-likeness (QED) is 0.829. The first-order valence-corrected chi connectivity index (χ1v) is 6.48. The fraction of sp³-hybridized carbons (Fsp3) is 0.538. The number of rotatable bonds is 6. The highest BCUT2D eigenvalue weighted by molar-refractivity contribution is 9.10. The van der Waals surface area contributed by atoms with Gasteiger partial charge in [0, 0.05) is 10.5 Å². The zero-order chi connectivity index (χ0) is 11.1. The van der Waals surface area contributed by atoms with Gasteiger partial charge in [-0.25, -0.2) is 0 Å². The van der Waals surface area contributed by atoms with E-state index in [1.54, 1.807) is 0 Å². The molecule has 0 fully saturated rings. The van der Waals surface area contributed by atoms with E-state index in [0.717, 1.165) is 6.42 Å². The lowest BCUT2D eigenvalue weighted by molar-refractivity contribution is 0.484. The molecule has 0 aliphatic carbocycles. The monoisotopic (exact) mass is 269 g/mol. The van der Waals surface area contributed by atoms with Crippen LogP contribution >= 0.6 is 15.9 Å². The van der Waals surface area contributed by atoms with Gasteiger partial charge < -0.3 is 5.32 Å². The minimum Gasteiger partial charge on any atom is -0.317 e. The molecule has 1 unspecified atom stereocenters. The minimum atomic E-state index is 0.655. The molecular formula is C13H20BrN. The first-order chi connectivity index (χ1) is 7.27. The zero-order valence-electron chi connectivity index (χ0n) is 9.59. The van der Waals surface area contributed by atoms with E-state index in [-0.39, 0.29) is 0 Å². The van der Waals surface area contributed by atoms with E-state index in [0.29, 0.717) is 6.04 Å². The van der Waals surface area contributed by atoms with Gasteiger partial charge in [0.05, 0.1) is 0 Å². The fourth-order valence-electron chi connectivity index (χ4n) is 1.81. The summed E-state index contributed by atoms with van der Waals surface area (Å²) in [6.07, 6.45) is 4.88. The number of aryl methyl sites for hydroxylation is 1. The van der Waals surface area contributed by atoms with Crippen LogP contribution < -0.4 is 5.32 Å². The summed E-state index contributed by atoms with van der Waals surface area (Å²) in [4.78, 5) is 0. The predicted octanol–water partition coefficient (Wildman–Crippen LogP) is 3.77. The van der Waals surface area contributed by atoms with Gasteiger partial charge in [-0.1, -0.05) is 47.5 Å². The number of hydrogen-bond donors (Lipinski definition) is 1. The molecule has 84 valence electrons. The van der Waals surface area contributed by atoms with Crippen molar-refractivity contribution in [1.82, 2.24) is 5.32 Å². The van der Waals surface area contributed by atoms with Gasteiger partial charge in [0.15, 0.2) is 0 Å². The normalized spacial score (nSPS) is 12.7. The molecule has 1 aromatic rings. The van der Waals surface area contributed by atoms with Crippen molar-refractivity contribution < 1.29 is 0 Å². The van der Waals surface area contributed by atoms with E-state index in [2.05, 4.69) is 59.5 Å². The Morgan fingerprint density at radius 2 is 2.00 bits per heavy atom. The highest BCUT2D eigenvalue weighted by Gasteiger charge is 2.06. The third-order valence-electron chi connectivity index (χ3n) is 2.77. The first kappa shape index (κ1) is 12.7. The molecule has 0 heterocycles. The lowest BCUT2D eigenvalue weighted by Gasteiger charge is -2.15. The SMILES string of the molecule is CCCC(CCc1ccccc1Br)NC. The summed E-state index contributed by atoms with van der Waals surface area (Å²) in [5.74, 6) is 0. The van der Waals surface area contributed by atoms with Crippen LogP contribution in [0.3, 0.4) is 0 Å². The summed E-state index contributed by atoms with van der Waals surface area (Å²) in [5.41, 5.74) is 1.41. The summed E-state index contributed by atoms with van der Waals surface area (Å²) in [6.45, 7) is 2.24. The Morgan fingerprint density at radius 1 is 1.27 bits per heavy atom. The van der Waals surface area contributed by atoms with E-state index in [1.165, 1.54) is 29.3 Å². The molecule has 0 amide bonds. The summed E-state index contributed by atoms with van der Waals surface area (Å²) in [6, 6.07) is 9.14. The Kier molecular flexibility index (Phi) is 5.96. The van der Waals surface area contributed by atoms with Crippen LogP contribution in [0.2, 0.25) is 0 Å². The summed E-state index contributed by atoms with van der Waals surface area (Å²) in [7, 11) is 2.06. The van der Waals surface area contributed by atoms with Gasteiger partial charge in [-0.15, -0.1) is 0 Å². The van der Waals surface area contributed by atoms with E-state index in [9.17, 15) is 0 Å². The minimum absolute atomic E-state index is 0.655. The Morgan fingerprint density at radius 3 is 2.60 bits per heavy atom. The second kappa shape index (κ2) is 7.02. The Bertz CT molecular complexity index is 286. The zero-order valence-corrected chi connectivity index (χ0v) is 11.2. The molecule has 1 aromatic carbocycles. The van der Waals surface area contributed by atoms with E-state index >= 15 is 0 Å². The molecule has 0 aliphatic heterocycles. The van der Waals surface area contributed by atoms with Crippen LogP contribution in [0.1, 0.15) is 31.7 Å². The highest BCUT2D eigenvalue weighted by atomic mass is 79.9. The van der Waals surface area contributed by atoms with Crippen molar-refractivity contribution in [3.05, 3.63) is 34.3 Å². The van der Waals surface area contributed by atoms with Gasteiger partial charge in [0.1, 0.15) is 0 Å². The molecular weight excluding hydrogens is 250 g/mol. The Hall–Kier alpha value is -0.340. The average molecular weight is 270 g/mol. The van der Waals surface area contributed by atoms with Gasteiger partial charge in [0.2, 0.25) is 0 Å². The van der Waals surface area contributed by atoms with Crippen LogP contribution in [0.4, 0.5) is 0 Å². The van der Waals surface area contributed by atoms with Gasteiger partial charge in [-0.2, -0.15) is 0 Å². The van der Waals surface area contributed by atoms with Crippen LogP contribution in [0.5, 0.6) is 0 Å². The van der Waals surface area contributed by atoms with Crippen molar-refractivity contribution in [2.75, 3.05) is 7.05 Å². The van der Waals surface area contributed by atoms with Crippen LogP contribution in [0, 0.1) is 0 Å². The number of halogens is 1. The van der Waals surface area contributed by atoms with Gasteiger partial charge >= 0.3 is 0 Å². The molecule has 0 bridgehead atoms. The molecule has 0 radical (unpaired) electrons. The smallest absolute Gasteiger partial charge is 0.0207 e. The molecule has 0 saturated heterocycles. The standard InChI is InChI=1S/C13H20BrN/c1-3-6-12(15-2)10-9-11-7-4-5-8-13(11)14/h4-5,7-8,12,15H,3,6,9-10H2,1-2H3. The molecule has 1 rings (SSSR count). The molecule has 0 aliphatic rings. The average Bonchev–Trinajstić information content (AvgIpc) is 2.26. The van der Waals surface area contributed by atoms with Gasteiger partial charge in [0.25, 0.3) is 0 Å². The van der Waals surface area contributed by atoms with E-state index < -0.39 is 0 Å². The van der Waals surface area contributed by atoms with Gasteiger partial charge in [-0.3, -0.25) is 0 Å². The van der Waals surface area contributed by atoms with E-state index in [4.69, 9.17) is 0 Å². The second-order valence-corrected chi connectivity index (χ2v) is 4.76. The maximum atomic E-state index is 3.59. The Balaban J connectivity index is 2.45. The van der Waals surface area contributed by atoms with Gasteiger partial charge in [-0.05, 0) is 37.9 Å². The largest absolute Gasteiger partial charge is 0.317 e. The van der Waals surface area contributed by atoms with Crippen molar-refractivity contribution in [2.45, 2.75) is 38.6 Å². The summed E-state index contributed by atoms with van der Waals surface area (Å²) in [5, 5.41) is 3.38. The lowest BCUT2D eigenvalue weighted by Crippen LogP contribution is -2.25. The van der Waals surface area contributed by atoms with Crippen molar-refractivity contribution in [1.29, 1.82) is 0 Å². The molecule has 0 aromatic heterocycles. The maximum Gasteiger partial charge on any atom is 0.0207 e. The number of hydrogen-bond acceptors (Lipinski definition) is 1. The first-order valence-electron chi connectivity index (χ1n) is 5.68. The van der Waals surface area contributed by atoms with Crippen LogP contribution in [-0.4, -0.2) is 13.1 Å². The Labute approximate surface area is 101 Å². The molecule has 1 N–H and O–H groups in total.